The molecule has 0 aromatic carbocycles. The van der Waals surface area contributed by atoms with Crippen LogP contribution in [0.1, 0.15) is 45.4 Å². The first-order valence-corrected chi connectivity index (χ1v) is 6.24. The number of carbonyl (C=O) groups is 1. The van der Waals surface area contributed by atoms with Crippen LogP contribution in [-0.2, 0) is 4.79 Å². The van der Waals surface area contributed by atoms with Crippen molar-refractivity contribution in [1.82, 2.24) is 10.6 Å². The summed E-state index contributed by atoms with van der Waals surface area (Å²) in [5.74, 6) is 0.214. The number of rotatable bonds is 4. The predicted molar refractivity (Wildman–Crippen MR) is 60.6 cm³/mol. The highest BCUT2D eigenvalue weighted by Crippen LogP contribution is 2.47. The molecule has 0 radical (unpaired) electrons. The standard InChI is InChI=1S/C12H22N2O/c1-2-12(5-6-12)9-14-10-4-3-7-13-11(15)8-10/h10,14H,2-9H2,1H3,(H,13,15). The summed E-state index contributed by atoms with van der Waals surface area (Å²) in [4.78, 5) is 11.4. The first-order valence-electron chi connectivity index (χ1n) is 6.24. The molecule has 0 aromatic heterocycles. The van der Waals surface area contributed by atoms with E-state index in [0.717, 1.165) is 25.9 Å². The molecule has 1 amide bonds. The Hall–Kier alpha value is -0.570. The Morgan fingerprint density at radius 3 is 3.00 bits per heavy atom. The average molecular weight is 210 g/mol. The lowest BCUT2D eigenvalue weighted by molar-refractivity contribution is -0.121. The zero-order valence-corrected chi connectivity index (χ0v) is 9.64. The van der Waals surface area contributed by atoms with Crippen LogP contribution in [0.15, 0.2) is 0 Å². The van der Waals surface area contributed by atoms with Gasteiger partial charge in [0.1, 0.15) is 0 Å². The summed E-state index contributed by atoms with van der Waals surface area (Å²) < 4.78 is 0. The monoisotopic (exact) mass is 210 g/mol. The van der Waals surface area contributed by atoms with Crippen LogP contribution in [0.3, 0.4) is 0 Å². The average Bonchev–Trinajstić information content (AvgIpc) is 3.01. The smallest absolute Gasteiger partial charge is 0.221 e. The lowest BCUT2D eigenvalue weighted by Gasteiger charge is -2.19. The van der Waals surface area contributed by atoms with E-state index in [1.165, 1.54) is 19.3 Å². The molecular weight excluding hydrogens is 188 g/mol. The van der Waals surface area contributed by atoms with Gasteiger partial charge in [-0.05, 0) is 37.5 Å². The van der Waals surface area contributed by atoms with Crippen LogP contribution in [0, 0.1) is 5.41 Å². The van der Waals surface area contributed by atoms with Crippen molar-refractivity contribution in [3.63, 3.8) is 0 Å². The minimum atomic E-state index is 0.214. The molecule has 0 spiro atoms. The summed E-state index contributed by atoms with van der Waals surface area (Å²) in [6, 6.07) is 0.413. The van der Waals surface area contributed by atoms with Gasteiger partial charge in [-0.25, -0.2) is 0 Å². The lowest BCUT2D eigenvalue weighted by Crippen LogP contribution is -2.36. The van der Waals surface area contributed by atoms with Gasteiger partial charge in [0.25, 0.3) is 0 Å². The topological polar surface area (TPSA) is 41.1 Å². The van der Waals surface area contributed by atoms with Crippen molar-refractivity contribution in [2.24, 2.45) is 5.41 Å². The Kier molecular flexibility index (Phi) is 3.29. The third-order valence-corrected chi connectivity index (χ3v) is 3.96. The Labute approximate surface area is 92.0 Å². The number of carbonyl (C=O) groups excluding carboxylic acids is 1. The lowest BCUT2D eigenvalue weighted by atomic mass is 10.0. The minimum Gasteiger partial charge on any atom is -0.356 e. The molecule has 2 aliphatic rings. The van der Waals surface area contributed by atoms with Gasteiger partial charge in [0.2, 0.25) is 5.91 Å². The minimum absolute atomic E-state index is 0.214. The molecule has 1 saturated carbocycles. The van der Waals surface area contributed by atoms with Gasteiger partial charge < -0.3 is 10.6 Å². The van der Waals surface area contributed by atoms with Crippen molar-refractivity contribution < 1.29 is 4.79 Å². The molecule has 3 heteroatoms. The van der Waals surface area contributed by atoms with Crippen molar-refractivity contribution in [2.45, 2.75) is 51.5 Å². The summed E-state index contributed by atoms with van der Waals surface area (Å²) in [6.45, 7) is 4.24. The molecule has 1 aliphatic heterocycles. The molecule has 0 bridgehead atoms. The zero-order chi connectivity index (χ0) is 10.7. The van der Waals surface area contributed by atoms with Crippen molar-refractivity contribution in [3.8, 4) is 0 Å². The number of nitrogens with one attached hydrogen (secondary N) is 2. The maximum Gasteiger partial charge on any atom is 0.221 e. The molecule has 3 nitrogen and oxygen atoms in total. The summed E-state index contributed by atoms with van der Waals surface area (Å²) in [6.07, 6.45) is 6.94. The first-order chi connectivity index (χ1) is 7.24. The molecule has 2 N–H and O–H groups in total. The van der Waals surface area contributed by atoms with Gasteiger partial charge in [-0.3, -0.25) is 4.79 Å². The van der Waals surface area contributed by atoms with E-state index in [2.05, 4.69) is 17.6 Å². The molecule has 1 heterocycles. The molecule has 0 aromatic rings. The van der Waals surface area contributed by atoms with E-state index in [4.69, 9.17) is 0 Å². The number of amides is 1. The van der Waals surface area contributed by atoms with E-state index in [1.807, 2.05) is 0 Å². The van der Waals surface area contributed by atoms with Gasteiger partial charge in [0.05, 0.1) is 0 Å². The van der Waals surface area contributed by atoms with Gasteiger partial charge in [0, 0.05) is 25.6 Å². The number of hydrogen-bond acceptors (Lipinski definition) is 2. The maximum atomic E-state index is 11.4. The summed E-state index contributed by atoms with van der Waals surface area (Å²) >= 11 is 0. The van der Waals surface area contributed by atoms with Crippen LogP contribution in [-0.4, -0.2) is 25.0 Å². The van der Waals surface area contributed by atoms with E-state index in [-0.39, 0.29) is 5.91 Å². The second-order valence-electron chi connectivity index (χ2n) is 5.13. The Bertz CT molecular complexity index is 236. The van der Waals surface area contributed by atoms with Crippen LogP contribution in [0.2, 0.25) is 0 Å². The van der Waals surface area contributed by atoms with Gasteiger partial charge in [-0.2, -0.15) is 0 Å². The molecular formula is C12H22N2O. The molecule has 1 aliphatic carbocycles. The fraction of sp³-hybridized carbons (Fsp3) is 0.917. The highest BCUT2D eigenvalue weighted by Gasteiger charge is 2.40. The Balaban J connectivity index is 1.75. The fourth-order valence-electron chi connectivity index (χ4n) is 2.34. The van der Waals surface area contributed by atoms with Gasteiger partial charge in [-0.15, -0.1) is 0 Å². The molecule has 2 rings (SSSR count). The quantitative estimate of drug-likeness (QED) is 0.737. The third-order valence-electron chi connectivity index (χ3n) is 3.96. The van der Waals surface area contributed by atoms with E-state index < -0.39 is 0 Å². The van der Waals surface area contributed by atoms with Crippen LogP contribution in [0.5, 0.6) is 0 Å². The van der Waals surface area contributed by atoms with Crippen LogP contribution in [0.4, 0.5) is 0 Å². The van der Waals surface area contributed by atoms with E-state index in [1.54, 1.807) is 0 Å². The van der Waals surface area contributed by atoms with Crippen molar-refractivity contribution >= 4 is 5.91 Å². The molecule has 2 fully saturated rings. The van der Waals surface area contributed by atoms with Crippen molar-refractivity contribution in [3.05, 3.63) is 0 Å². The van der Waals surface area contributed by atoms with Gasteiger partial charge >= 0.3 is 0 Å². The molecule has 86 valence electrons. The highest BCUT2D eigenvalue weighted by atomic mass is 16.1. The third kappa shape index (κ3) is 2.94. The van der Waals surface area contributed by atoms with E-state index >= 15 is 0 Å². The Morgan fingerprint density at radius 1 is 1.53 bits per heavy atom. The van der Waals surface area contributed by atoms with Crippen molar-refractivity contribution in [1.29, 1.82) is 0 Å². The normalized spacial score (nSPS) is 29.4. The second-order valence-corrected chi connectivity index (χ2v) is 5.13. The second kappa shape index (κ2) is 4.52. The molecule has 1 saturated heterocycles. The summed E-state index contributed by atoms with van der Waals surface area (Å²) in [5.41, 5.74) is 0.586. The van der Waals surface area contributed by atoms with Crippen LogP contribution < -0.4 is 10.6 Å². The maximum absolute atomic E-state index is 11.4. The fourth-order valence-corrected chi connectivity index (χ4v) is 2.34. The first kappa shape index (κ1) is 10.9. The molecule has 1 unspecified atom stereocenters. The van der Waals surface area contributed by atoms with Crippen LogP contribution in [0.25, 0.3) is 0 Å². The number of hydrogen-bond donors (Lipinski definition) is 2. The molecule has 1 atom stereocenters. The van der Waals surface area contributed by atoms with Crippen molar-refractivity contribution in [2.75, 3.05) is 13.1 Å². The van der Waals surface area contributed by atoms with Crippen LogP contribution >= 0.6 is 0 Å². The van der Waals surface area contributed by atoms with E-state index in [9.17, 15) is 4.79 Å². The zero-order valence-electron chi connectivity index (χ0n) is 9.64. The predicted octanol–water partition coefficient (Wildman–Crippen LogP) is 1.43. The Morgan fingerprint density at radius 2 is 2.33 bits per heavy atom. The van der Waals surface area contributed by atoms with Gasteiger partial charge in [0.15, 0.2) is 0 Å². The summed E-state index contributed by atoms with van der Waals surface area (Å²) in [7, 11) is 0. The van der Waals surface area contributed by atoms with E-state index in [0.29, 0.717) is 17.9 Å². The summed E-state index contributed by atoms with van der Waals surface area (Å²) in [5, 5.41) is 6.51. The molecule has 15 heavy (non-hydrogen) atoms. The largest absolute Gasteiger partial charge is 0.356 e. The van der Waals surface area contributed by atoms with Gasteiger partial charge in [-0.1, -0.05) is 6.92 Å². The highest BCUT2D eigenvalue weighted by molar-refractivity contribution is 5.76. The SMILES string of the molecule is CCC1(CNC2CCCNC(=O)C2)CC1.